The van der Waals surface area contributed by atoms with Crippen LogP contribution in [0.25, 0.3) is 11.5 Å². The monoisotopic (exact) mass is 525 g/mol. The van der Waals surface area contributed by atoms with Crippen molar-refractivity contribution in [1.82, 2.24) is 20.8 Å². The first-order chi connectivity index (χ1) is 13.7. The molecule has 0 aliphatic heterocycles. The Morgan fingerprint density at radius 1 is 1.21 bits per heavy atom. The van der Waals surface area contributed by atoms with Gasteiger partial charge in [0.1, 0.15) is 0 Å². The molecule has 3 aromatic rings. The summed E-state index contributed by atoms with van der Waals surface area (Å²) in [5, 5.41) is 12.8. The lowest BCUT2D eigenvalue weighted by Gasteiger charge is -2.15. The lowest BCUT2D eigenvalue weighted by Crippen LogP contribution is -2.39. The van der Waals surface area contributed by atoms with Gasteiger partial charge in [0.05, 0.1) is 0 Å². The molecule has 0 spiro atoms. The molecular weight excluding hydrogens is 497 g/mol. The van der Waals surface area contributed by atoms with Gasteiger partial charge in [-0.1, -0.05) is 37.2 Å². The highest BCUT2D eigenvalue weighted by atomic mass is 127. The smallest absolute Gasteiger partial charge is 0.257 e. The van der Waals surface area contributed by atoms with Crippen molar-refractivity contribution in [3.05, 3.63) is 58.0 Å². The molecule has 2 aromatic heterocycles. The van der Waals surface area contributed by atoms with Crippen molar-refractivity contribution in [2.75, 3.05) is 20.1 Å². The summed E-state index contributed by atoms with van der Waals surface area (Å²) in [7, 11) is 1.80. The molecular formula is C21H28IN5OS. The summed E-state index contributed by atoms with van der Waals surface area (Å²) >= 11 is 1.79. The second kappa shape index (κ2) is 11.9. The van der Waals surface area contributed by atoms with Crippen molar-refractivity contribution in [1.29, 1.82) is 0 Å². The normalized spacial score (nSPS) is 12.3. The molecule has 8 heteroatoms. The second-order valence-electron chi connectivity index (χ2n) is 6.61. The minimum atomic E-state index is 0. The van der Waals surface area contributed by atoms with Crippen molar-refractivity contribution in [3.63, 3.8) is 0 Å². The molecule has 2 N–H and O–H groups in total. The van der Waals surface area contributed by atoms with Gasteiger partial charge in [0.25, 0.3) is 5.89 Å². The molecule has 0 aliphatic rings. The molecule has 1 atom stereocenters. The van der Waals surface area contributed by atoms with Crippen molar-refractivity contribution in [2.24, 2.45) is 4.99 Å². The highest BCUT2D eigenvalue weighted by Gasteiger charge is 2.09. The average molecular weight is 525 g/mol. The second-order valence-corrected chi connectivity index (χ2v) is 7.59. The van der Waals surface area contributed by atoms with E-state index in [9.17, 15) is 0 Å². The fourth-order valence-corrected chi connectivity index (χ4v) is 3.58. The molecule has 0 bridgehead atoms. The Labute approximate surface area is 193 Å². The number of halogens is 1. The van der Waals surface area contributed by atoms with E-state index in [1.165, 1.54) is 10.4 Å². The molecule has 0 radical (unpaired) electrons. The molecule has 0 saturated carbocycles. The van der Waals surface area contributed by atoms with E-state index in [1.807, 2.05) is 19.1 Å². The standard InChI is InChI=1S/C21H27N5OS.HI/c1-4-19-25-20(27-26-19)17-9-7-16(8-10-17)11-12-23-21(22-3)24-14-15(2)18-6-5-13-28-18;/h5-10,13,15H,4,11-12,14H2,1-3H3,(H2,22,23,24);1H. The maximum absolute atomic E-state index is 5.28. The van der Waals surface area contributed by atoms with Gasteiger partial charge in [-0.3, -0.25) is 4.99 Å². The molecule has 6 nitrogen and oxygen atoms in total. The van der Waals surface area contributed by atoms with E-state index in [4.69, 9.17) is 4.52 Å². The summed E-state index contributed by atoms with van der Waals surface area (Å²) in [4.78, 5) is 10.1. The third-order valence-electron chi connectivity index (χ3n) is 4.52. The van der Waals surface area contributed by atoms with Gasteiger partial charge in [0.15, 0.2) is 11.8 Å². The summed E-state index contributed by atoms with van der Waals surface area (Å²) in [6, 6.07) is 12.5. The van der Waals surface area contributed by atoms with E-state index in [0.717, 1.165) is 43.3 Å². The number of thiophene rings is 1. The number of guanidine groups is 1. The summed E-state index contributed by atoms with van der Waals surface area (Å²) in [6.07, 6.45) is 1.68. The Morgan fingerprint density at radius 2 is 2.00 bits per heavy atom. The Balaban J connectivity index is 0.00000300. The van der Waals surface area contributed by atoms with Crippen LogP contribution in [-0.4, -0.2) is 36.2 Å². The van der Waals surface area contributed by atoms with Crippen LogP contribution in [-0.2, 0) is 12.8 Å². The zero-order chi connectivity index (χ0) is 19.8. The van der Waals surface area contributed by atoms with E-state index in [0.29, 0.717) is 11.8 Å². The van der Waals surface area contributed by atoms with Crippen LogP contribution >= 0.6 is 35.3 Å². The predicted molar refractivity (Wildman–Crippen MR) is 130 cm³/mol. The van der Waals surface area contributed by atoms with Gasteiger partial charge in [-0.25, -0.2) is 0 Å². The minimum absolute atomic E-state index is 0. The number of aliphatic imine (C=N–C) groups is 1. The fraction of sp³-hybridized carbons (Fsp3) is 0.381. The molecule has 3 rings (SSSR count). The Morgan fingerprint density at radius 3 is 2.62 bits per heavy atom. The van der Waals surface area contributed by atoms with Crippen LogP contribution in [0.15, 0.2) is 51.3 Å². The molecule has 0 amide bonds. The van der Waals surface area contributed by atoms with E-state index >= 15 is 0 Å². The number of nitrogens with zero attached hydrogens (tertiary/aromatic N) is 3. The molecule has 0 fully saturated rings. The van der Waals surface area contributed by atoms with Gasteiger partial charge in [-0.15, -0.1) is 35.3 Å². The molecule has 1 unspecified atom stereocenters. The number of nitrogens with one attached hydrogen (secondary N) is 2. The zero-order valence-corrected chi connectivity index (χ0v) is 20.2. The highest BCUT2D eigenvalue weighted by molar-refractivity contribution is 14.0. The topological polar surface area (TPSA) is 75.3 Å². The third-order valence-corrected chi connectivity index (χ3v) is 5.62. The quantitative estimate of drug-likeness (QED) is 0.258. The van der Waals surface area contributed by atoms with E-state index in [1.54, 1.807) is 18.4 Å². The largest absolute Gasteiger partial charge is 0.356 e. The fourth-order valence-electron chi connectivity index (χ4n) is 2.80. The minimum Gasteiger partial charge on any atom is -0.356 e. The Kier molecular flexibility index (Phi) is 9.59. The first-order valence-corrected chi connectivity index (χ1v) is 10.5. The first kappa shape index (κ1) is 23.3. The van der Waals surface area contributed by atoms with Crippen LogP contribution in [0, 0.1) is 0 Å². The lowest BCUT2D eigenvalue weighted by molar-refractivity contribution is 0.423. The SMILES string of the molecule is CCc1noc(-c2ccc(CCNC(=NC)NCC(C)c3cccs3)cc2)n1.I. The van der Waals surface area contributed by atoms with E-state index < -0.39 is 0 Å². The molecule has 156 valence electrons. The summed E-state index contributed by atoms with van der Waals surface area (Å²) in [5.74, 6) is 2.60. The Bertz CT molecular complexity index is 877. The van der Waals surface area contributed by atoms with Crippen LogP contribution in [0.5, 0.6) is 0 Å². The maximum atomic E-state index is 5.28. The van der Waals surface area contributed by atoms with E-state index in [2.05, 4.69) is 62.3 Å². The number of hydrogen-bond acceptors (Lipinski definition) is 5. The number of hydrogen-bond donors (Lipinski definition) is 2. The Hall–Kier alpha value is -1.94. The van der Waals surface area contributed by atoms with Gasteiger partial charge in [-0.2, -0.15) is 4.98 Å². The van der Waals surface area contributed by atoms with Crippen LogP contribution in [0.2, 0.25) is 0 Å². The molecule has 1 aromatic carbocycles. The molecule has 2 heterocycles. The molecule has 29 heavy (non-hydrogen) atoms. The molecule has 0 aliphatic carbocycles. The van der Waals surface area contributed by atoms with Crippen molar-refractivity contribution in [3.8, 4) is 11.5 Å². The van der Waals surface area contributed by atoms with Crippen molar-refractivity contribution in [2.45, 2.75) is 32.6 Å². The van der Waals surface area contributed by atoms with Crippen LogP contribution in [0.1, 0.15) is 36.0 Å². The van der Waals surface area contributed by atoms with Crippen LogP contribution in [0.3, 0.4) is 0 Å². The highest BCUT2D eigenvalue weighted by Crippen LogP contribution is 2.20. The van der Waals surface area contributed by atoms with Gasteiger partial charge in [0.2, 0.25) is 0 Å². The van der Waals surface area contributed by atoms with Crippen LogP contribution in [0.4, 0.5) is 0 Å². The lowest BCUT2D eigenvalue weighted by atomic mass is 10.1. The summed E-state index contributed by atoms with van der Waals surface area (Å²) in [5.41, 5.74) is 2.19. The van der Waals surface area contributed by atoms with Gasteiger partial charge in [-0.05, 0) is 35.6 Å². The van der Waals surface area contributed by atoms with E-state index in [-0.39, 0.29) is 24.0 Å². The summed E-state index contributed by atoms with van der Waals surface area (Å²) in [6.45, 7) is 5.91. The van der Waals surface area contributed by atoms with Gasteiger partial charge >= 0.3 is 0 Å². The number of aryl methyl sites for hydroxylation is 1. The van der Waals surface area contributed by atoms with Crippen molar-refractivity contribution >= 4 is 41.3 Å². The zero-order valence-electron chi connectivity index (χ0n) is 17.0. The predicted octanol–water partition coefficient (Wildman–Crippen LogP) is 4.49. The third kappa shape index (κ3) is 6.81. The van der Waals surface area contributed by atoms with Gasteiger partial charge in [0, 0.05) is 42.9 Å². The molecule has 0 saturated heterocycles. The first-order valence-electron chi connectivity index (χ1n) is 9.59. The maximum Gasteiger partial charge on any atom is 0.257 e. The summed E-state index contributed by atoms with van der Waals surface area (Å²) < 4.78 is 5.28. The van der Waals surface area contributed by atoms with Gasteiger partial charge < -0.3 is 15.2 Å². The number of rotatable bonds is 8. The number of aromatic nitrogens is 2. The van der Waals surface area contributed by atoms with Crippen molar-refractivity contribution < 1.29 is 4.52 Å². The van der Waals surface area contributed by atoms with Crippen LogP contribution < -0.4 is 10.6 Å². The average Bonchev–Trinajstić information content (AvgIpc) is 3.43. The number of benzene rings is 1.